The predicted molar refractivity (Wildman–Crippen MR) is 67.2 cm³/mol. The zero-order chi connectivity index (χ0) is 12.4. The molecule has 0 amide bonds. The summed E-state index contributed by atoms with van der Waals surface area (Å²) in [5, 5.41) is 3.16. The molecule has 0 spiro atoms. The third kappa shape index (κ3) is 2.27. The normalized spacial score (nSPS) is 12.9. The number of ether oxygens (including phenoxy) is 1. The van der Waals surface area contributed by atoms with Crippen LogP contribution in [0.2, 0.25) is 0 Å². The van der Waals surface area contributed by atoms with Crippen molar-refractivity contribution in [2.75, 3.05) is 11.9 Å². The first-order chi connectivity index (χ1) is 8.81. The van der Waals surface area contributed by atoms with E-state index in [0.29, 0.717) is 12.4 Å². The first-order valence-electron chi connectivity index (χ1n) is 5.91. The smallest absolute Gasteiger partial charge is 0.141 e. The van der Waals surface area contributed by atoms with Gasteiger partial charge >= 0.3 is 0 Å². The number of anilines is 1. The molecule has 92 valence electrons. The van der Waals surface area contributed by atoms with Gasteiger partial charge in [0.25, 0.3) is 0 Å². The van der Waals surface area contributed by atoms with Gasteiger partial charge in [-0.2, -0.15) is 0 Å². The molecule has 0 bridgehead atoms. The topological polar surface area (TPSA) is 34.1 Å². The van der Waals surface area contributed by atoms with Crippen molar-refractivity contribution >= 4 is 5.82 Å². The van der Waals surface area contributed by atoms with Crippen molar-refractivity contribution in [3.63, 3.8) is 0 Å². The number of nitrogens with one attached hydrogen (secondary N) is 1. The summed E-state index contributed by atoms with van der Waals surface area (Å²) in [6.45, 7) is 1.44. The summed E-state index contributed by atoms with van der Waals surface area (Å²) >= 11 is 0. The molecule has 0 fully saturated rings. The van der Waals surface area contributed by atoms with E-state index in [-0.39, 0.29) is 5.82 Å². The van der Waals surface area contributed by atoms with Crippen molar-refractivity contribution in [3.05, 3.63) is 53.5 Å². The van der Waals surface area contributed by atoms with E-state index >= 15 is 0 Å². The highest BCUT2D eigenvalue weighted by Crippen LogP contribution is 2.26. The van der Waals surface area contributed by atoms with Gasteiger partial charge in [-0.3, -0.25) is 0 Å². The maximum absolute atomic E-state index is 12.7. The van der Waals surface area contributed by atoms with E-state index < -0.39 is 0 Å². The van der Waals surface area contributed by atoms with Crippen LogP contribution in [0.25, 0.3) is 0 Å². The Morgan fingerprint density at radius 2 is 2.22 bits per heavy atom. The van der Waals surface area contributed by atoms with Crippen LogP contribution in [-0.4, -0.2) is 11.6 Å². The molecule has 3 nitrogen and oxygen atoms in total. The average molecular weight is 244 g/mol. The predicted octanol–water partition coefficient (Wildman–Crippen LogP) is 2.77. The van der Waals surface area contributed by atoms with Gasteiger partial charge in [-0.1, -0.05) is 12.1 Å². The van der Waals surface area contributed by atoms with Crippen molar-refractivity contribution in [3.8, 4) is 5.75 Å². The molecule has 1 aliphatic rings. The molecule has 18 heavy (non-hydrogen) atoms. The van der Waals surface area contributed by atoms with Crippen molar-refractivity contribution in [2.45, 2.75) is 13.0 Å². The molecule has 0 saturated carbocycles. The summed E-state index contributed by atoms with van der Waals surface area (Å²) in [6.07, 6.45) is 2.18. The summed E-state index contributed by atoms with van der Waals surface area (Å²) in [6, 6.07) is 9.19. The van der Waals surface area contributed by atoms with E-state index in [1.165, 1.54) is 23.4 Å². The minimum atomic E-state index is -0.324. The van der Waals surface area contributed by atoms with Gasteiger partial charge in [0.05, 0.1) is 12.8 Å². The van der Waals surface area contributed by atoms with Crippen LogP contribution in [0.5, 0.6) is 5.75 Å². The molecule has 2 heterocycles. The van der Waals surface area contributed by atoms with E-state index in [1.807, 2.05) is 12.1 Å². The quantitative estimate of drug-likeness (QED) is 0.901. The maximum Gasteiger partial charge on any atom is 0.141 e. The Morgan fingerprint density at radius 3 is 3.06 bits per heavy atom. The Labute approximate surface area is 105 Å². The number of fused-ring (bicyclic) bond motifs is 1. The Morgan fingerprint density at radius 1 is 1.28 bits per heavy atom. The van der Waals surface area contributed by atoms with Crippen LogP contribution in [0.1, 0.15) is 11.1 Å². The lowest BCUT2D eigenvalue weighted by Gasteiger charge is -2.07. The van der Waals surface area contributed by atoms with Crippen LogP contribution >= 0.6 is 0 Å². The van der Waals surface area contributed by atoms with Crippen molar-refractivity contribution < 1.29 is 9.13 Å². The molecular formula is C14H13FN2O. The molecule has 1 aliphatic heterocycles. The van der Waals surface area contributed by atoms with E-state index in [1.54, 1.807) is 6.07 Å². The molecule has 0 unspecified atom stereocenters. The van der Waals surface area contributed by atoms with Crippen molar-refractivity contribution in [2.24, 2.45) is 0 Å². The number of halogens is 1. The summed E-state index contributed by atoms with van der Waals surface area (Å²) in [7, 11) is 0. The van der Waals surface area contributed by atoms with Gasteiger partial charge in [-0.05, 0) is 29.3 Å². The molecule has 4 heteroatoms. The van der Waals surface area contributed by atoms with Gasteiger partial charge in [-0.15, -0.1) is 0 Å². The second-order valence-corrected chi connectivity index (χ2v) is 4.26. The second-order valence-electron chi connectivity index (χ2n) is 4.26. The maximum atomic E-state index is 12.7. The summed E-state index contributed by atoms with van der Waals surface area (Å²) in [4.78, 5) is 3.96. The minimum Gasteiger partial charge on any atom is -0.493 e. The first-order valence-corrected chi connectivity index (χ1v) is 5.91. The number of aromatic nitrogens is 1. The number of hydrogen-bond acceptors (Lipinski definition) is 3. The molecule has 0 saturated heterocycles. The Balaban J connectivity index is 1.68. The number of pyridine rings is 1. The van der Waals surface area contributed by atoms with E-state index in [9.17, 15) is 4.39 Å². The highest BCUT2D eigenvalue weighted by atomic mass is 19.1. The summed E-state index contributed by atoms with van der Waals surface area (Å²) in [5.41, 5.74) is 2.42. The van der Waals surface area contributed by atoms with E-state index in [0.717, 1.165) is 18.8 Å². The average Bonchev–Trinajstić information content (AvgIpc) is 2.85. The van der Waals surface area contributed by atoms with Gasteiger partial charge in [0.15, 0.2) is 0 Å². The Hall–Kier alpha value is -2.10. The fourth-order valence-corrected chi connectivity index (χ4v) is 2.02. The second kappa shape index (κ2) is 4.64. The standard InChI is InChI=1S/C14H13FN2O/c15-12-2-4-14(17-9-12)16-8-10-1-3-13-11(7-10)5-6-18-13/h1-4,7,9H,5-6,8H2,(H,16,17). The highest BCUT2D eigenvalue weighted by molar-refractivity contribution is 5.41. The number of benzene rings is 1. The van der Waals surface area contributed by atoms with Crippen LogP contribution < -0.4 is 10.1 Å². The van der Waals surface area contributed by atoms with Crippen LogP contribution in [0.3, 0.4) is 0 Å². The van der Waals surface area contributed by atoms with Crippen LogP contribution in [-0.2, 0) is 13.0 Å². The van der Waals surface area contributed by atoms with Gasteiger partial charge in [-0.25, -0.2) is 9.37 Å². The first kappa shape index (κ1) is 11.0. The van der Waals surface area contributed by atoms with Gasteiger partial charge < -0.3 is 10.1 Å². The third-order valence-electron chi connectivity index (χ3n) is 2.95. The lowest BCUT2D eigenvalue weighted by molar-refractivity contribution is 0.357. The third-order valence-corrected chi connectivity index (χ3v) is 2.95. The van der Waals surface area contributed by atoms with Gasteiger partial charge in [0.1, 0.15) is 17.4 Å². The molecule has 1 N–H and O–H groups in total. The van der Waals surface area contributed by atoms with Gasteiger partial charge in [0.2, 0.25) is 0 Å². The largest absolute Gasteiger partial charge is 0.493 e. The Kier molecular flexibility index (Phi) is 2.84. The molecule has 0 aliphatic carbocycles. The number of rotatable bonds is 3. The lowest BCUT2D eigenvalue weighted by Crippen LogP contribution is -2.01. The highest BCUT2D eigenvalue weighted by Gasteiger charge is 2.11. The molecule has 0 radical (unpaired) electrons. The van der Waals surface area contributed by atoms with Crippen molar-refractivity contribution in [1.29, 1.82) is 0 Å². The lowest BCUT2D eigenvalue weighted by atomic mass is 10.1. The fourth-order valence-electron chi connectivity index (χ4n) is 2.02. The fraction of sp³-hybridized carbons (Fsp3) is 0.214. The Bertz CT molecular complexity index is 554. The SMILES string of the molecule is Fc1ccc(NCc2ccc3c(c2)CCO3)nc1. The summed E-state index contributed by atoms with van der Waals surface area (Å²) < 4.78 is 18.2. The molecule has 1 aromatic carbocycles. The van der Waals surface area contributed by atoms with Gasteiger partial charge in [0, 0.05) is 13.0 Å². The van der Waals surface area contributed by atoms with Crippen molar-refractivity contribution in [1.82, 2.24) is 4.98 Å². The number of nitrogens with zero attached hydrogens (tertiary/aromatic N) is 1. The zero-order valence-corrected chi connectivity index (χ0v) is 9.82. The van der Waals surface area contributed by atoms with Crippen LogP contribution in [0.4, 0.5) is 10.2 Å². The molecular weight excluding hydrogens is 231 g/mol. The molecule has 1 aromatic heterocycles. The van der Waals surface area contributed by atoms with Crippen LogP contribution in [0, 0.1) is 5.82 Å². The molecule has 3 rings (SSSR count). The zero-order valence-electron chi connectivity index (χ0n) is 9.82. The van der Waals surface area contributed by atoms with E-state index in [4.69, 9.17) is 4.74 Å². The monoisotopic (exact) mass is 244 g/mol. The van der Waals surface area contributed by atoms with E-state index in [2.05, 4.69) is 16.4 Å². The molecule has 0 atom stereocenters. The number of hydrogen-bond donors (Lipinski definition) is 1. The van der Waals surface area contributed by atoms with Crippen LogP contribution in [0.15, 0.2) is 36.5 Å². The summed E-state index contributed by atoms with van der Waals surface area (Å²) in [5.74, 6) is 1.34. The molecule has 2 aromatic rings. The minimum absolute atomic E-state index is 0.324.